The number of ether oxygens (including phenoxy) is 1. The molecule has 2 amide bonds. The van der Waals surface area contributed by atoms with Crippen molar-refractivity contribution in [2.75, 3.05) is 6.67 Å². The van der Waals surface area contributed by atoms with Crippen LogP contribution < -0.4 is 10.6 Å². The molecule has 174 valence electrons. The van der Waals surface area contributed by atoms with Crippen molar-refractivity contribution < 1.29 is 23.8 Å². The molecule has 0 radical (unpaired) electrons. The van der Waals surface area contributed by atoms with Crippen molar-refractivity contribution in [3.05, 3.63) is 59.7 Å². The molecule has 0 fully saturated rings. The van der Waals surface area contributed by atoms with Crippen molar-refractivity contribution in [2.24, 2.45) is 0 Å². The maximum absolute atomic E-state index is 13.3. The normalized spacial score (nSPS) is 13.4. The van der Waals surface area contributed by atoms with Gasteiger partial charge >= 0.3 is 6.09 Å². The van der Waals surface area contributed by atoms with Crippen LogP contribution in [-0.2, 0) is 16.1 Å². The largest absolute Gasteiger partial charge is 0.444 e. The minimum absolute atomic E-state index is 0.335. The number of hydrogen-bond acceptors (Lipinski definition) is 4. The van der Waals surface area contributed by atoms with Gasteiger partial charge < -0.3 is 20.5 Å². The van der Waals surface area contributed by atoms with E-state index >= 15 is 0 Å². The second kappa shape index (κ2) is 11.5. The summed E-state index contributed by atoms with van der Waals surface area (Å²) in [6.45, 7) is 4.76. The van der Waals surface area contributed by atoms with Gasteiger partial charge in [0.05, 0.1) is 6.04 Å². The van der Waals surface area contributed by atoms with E-state index in [1.54, 1.807) is 45.0 Å². The highest BCUT2D eigenvalue weighted by atomic mass is 35.5. The van der Waals surface area contributed by atoms with Crippen molar-refractivity contribution in [1.29, 1.82) is 0 Å². The van der Waals surface area contributed by atoms with Gasteiger partial charge in [0.2, 0.25) is 0 Å². The lowest BCUT2D eigenvalue weighted by Gasteiger charge is -2.22. The van der Waals surface area contributed by atoms with Crippen molar-refractivity contribution >= 4 is 35.2 Å². The Morgan fingerprint density at radius 3 is 2.03 bits per heavy atom. The van der Waals surface area contributed by atoms with Crippen LogP contribution in [0.4, 0.5) is 9.18 Å². The van der Waals surface area contributed by atoms with Crippen LogP contribution in [0, 0.1) is 0 Å². The smallest absolute Gasteiger partial charge is 0.407 e. The molecule has 2 aromatic rings. The zero-order valence-electron chi connectivity index (χ0n) is 18.1. The molecule has 9 heteroatoms. The topological polar surface area (TPSA) is 87.7 Å². The van der Waals surface area contributed by atoms with E-state index in [-0.39, 0.29) is 0 Å². The number of carbonyl (C=O) groups excluding carboxylic acids is 2. The lowest BCUT2D eigenvalue weighted by Crippen LogP contribution is -2.43. The first-order valence-electron chi connectivity index (χ1n) is 9.99. The number of benzene rings is 2. The van der Waals surface area contributed by atoms with E-state index in [2.05, 4.69) is 10.6 Å². The summed E-state index contributed by atoms with van der Waals surface area (Å²) in [6.07, 6.45) is -1.74. The van der Waals surface area contributed by atoms with Gasteiger partial charge in [0.1, 0.15) is 18.4 Å². The van der Waals surface area contributed by atoms with E-state index in [1.165, 1.54) is 0 Å². The van der Waals surface area contributed by atoms with E-state index in [4.69, 9.17) is 27.9 Å². The van der Waals surface area contributed by atoms with Crippen LogP contribution in [0.25, 0.3) is 11.1 Å². The van der Waals surface area contributed by atoms with E-state index in [1.807, 2.05) is 24.3 Å². The van der Waals surface area contributed by atoms with Crippen LogP contribution in [0.3, 0.4) is 0 Å². The minimum atomic E-state index is -1.35. The standard InChI is InChI=1S/C23H27Cl2FN2O4/c1-23(2,3)32-22(31)27-13-14-4-6-15(7-5-14)16-8-10-17(11-9-16)19(29)18(12-26)28-21(30)20(24)25/h4-11,18-20,29H,12-13H2,1-3H3,(H,27,31)(H,28,30)/t18-,19-/m1/s1. The Morgan fingerprint density at radius 1 is 1.03 bits per heavy atom. The summed E-state index contributed by atoms with van der Waals surface area (Å²) in [5.41, 5.74) is 2.60. The number of amides is 2. The first-order chi connectivity index (χ1) is 15.0. The summed E-state index contributed by atoms with van der Waals surface area (Å²) in [5, 5.41) is 15.4. The van der Waals surface area contributed by atoms with Crippen LogP contribution >= 0.6 is 23.2 Å². The van der Waals surface area contributed by atoms with E-state index in [0.717, 1.165) is 16.7 Å². The molecular weight excluding hydrogens is 458 g/mol. The van der Waals surface area contributed by atoms with Crippen LogP contribution in [0.1, 0.15) is 38.0 Å². The first kappa shape index (κ1) is 25.9. The van der Waals surface area contributed by atoms with Crippen LogP contribution in [-0.4, -0.2) is 40.3 Å². The predicted molar refractivity (Wildman–Crippen MR) is 123 cm³/mol. The molecule has 32 heavy (non-hydrogen) atoms. The molecule has 6 nitrogen and oxygen atoms in total. The molecule has 3 N–H and O–H groups in total. The molecule has 2 atom stereocenters. The highest BCUT2D eigenvalue weighted by Gasteiger charge is 2.25. The number of carbonyl (C=O) groups is 2. The second-order valence-electron chi connectivity index (χ2n) is 8.19. The van der Waals surface area contributed by atoms with Gasteiger partial charge in [0.15, 0.2) is 4.84 Å². The van der Waals surface area contributed by atoms with Crippen molar-refractivity contribution in [3.63, 3.8) is 0 Å². The summed E-state index contributed by atoms with van der Waals surface area (Å²) in [6, 6.07) is 13.3. The Bertz CT molecular complexity index is 900. The van der Waals surface area contributed by atoms with Crippen molar-refractivity contribution in [2.45, 2.75) is 49.9 Å². The van der Waals surface area contributed by atoms with Gasteiger partial charge in [0, 0.05) is 6.54 Å². The Kier molecular flexibility index (Phi) is 9.31. The van der Waals surface area contributed by atoms with Gasteiger partial charge in [-0.15, -0.1) is 0 Å². The molecule has 0 bridgehead atoms. The summed E-state index contributed by atoms with van der Waals surface area (Å²) in [4.78, 5) is 22.0. The number of nitrogens with one attached hydrogen (secondary N) is 2. The number of halogens is 3. The third kappa shape index (κ3) is 7.97. The van der Waals surface area contributed by atoms with Gasteiger partial charge in [0.25, 0.3) is 5.91 Å². The summed E-state index contributed by atoms with van der Waals surface area (Å²) >= 11 is 10.9. The number of hydrogen-bond donors (Lipinski definition) is 3. The lowest BCUT2D eigenvalue weighted by molar-refractivity contribution is -0.121. The van der Waals surface area contributed by atoms with Gasteiger partial charge in [-0.2, -0.15) is 0 Å². The Morgan fingerprint density at radius 2 is 1.56 bits per heavy atom. The van der Waals surface area contributed by atoms with E-state index < -0.39 is 41.3 Å². The lowest BCUT2D eigenvalue weighted by atomic mass is 9.98. The molecule has 0 spiro atoms. The molecule has 0 heterocycles. The van der Waals surface area contributed by atoms with Gasteiger partial charge in [-0.1, -0.05) is 71.7 Å². The highest BCUT2D eigenvalue weighted by molar-refractivity contribution is 6.53. The summed E-state index contributed by atoms with van der Waals surface area (Å²) in [7, 11) is 0. The number of aliphatic hydroxyl groups is 1. The monoisotopic (exact) mass is 484 g/mol. The number of alkyl carbamates (subject to hydrolysis) is 1. The molecule has 0 saturated carbocycles. The third-order valence-electron chi connectivity index (χ3n) is 4.45. The average Bonchev–Trinajstić information content (AvgIpc) is 2.74. The van der Waals surface area contributed by atoms with Gasteiger partial charge in [-0.3, -0.25) is 4.79 Å². The molecule has 2 rings (SSSR count). The summed E-state index contributed by atoms with van der Waals surface area (Å²) in [5.74, 6) is -0.770. The van der Waals surface area contributed by atoms with E-state index in [0.29, 0.717) is 12.1 Å². The Labute approximate surface area is 197 Å². The van der Waals surface area contributed by atoms with Crippen molar-refractivity contribution in [1.82, 2.24) is 10.6 Å². The second-order valence-corrected chi connectivity index (χ2v) is 9.29. The molecule has 0 aliphatic carbocycles. The molecule has 0 saturated heterocycles. The van der Waals surface area contributed by atoms with Crippen molar-refractivity contribution in [3.8, 4) is 11.1 Å². The molecule has 0 unspecified atom stereocenters. The SMILES string of the molecule is CC(C)(C)OC(=O)NCc1ccc(-c2ccc([C@@H](O)[C@@H](CF)NC(=O)C(Cl)Cl)cc2)cc1. The molecule has 0 aromatic heterocycles. The summed E-state index contributed by atoms with van der Waals surface area (Å²) < 4.78 is 18.5. The zero-order chi connectivity index (χ0) is 23.9. The molecule has 2 aromatic carbocycles. The van der Waals surface area contributed by atoms with Crippen LogP contribution in [0.5, 0.6) is 0 Å². The minimum Gasteiger partial charge on any atom is -0.444 e. The molecule has 0 aliphatic rings. The number of aliphatic hydroxyl groups excluding tert-OH is 1. The fourth-order valence-electron chi connectivity index (χ4n) is 2.86. The fraction of sp³-hybridized carbons (Fsp3) is 0.391. The maximum atomic E-state index is 13.3. The first-order valence-corrected chi connectivity index (χ1v) is 10.9. The third-order valence-corrected chi connectivity index (χ3v) is 4.84. The van der Waals surface area contributed by atoms with E-state index in [9.17, 15) is 19.1 Å². The average molecular weight is 485 g/mol. The number of alkyl halides is 3. The molecular formula is C23H27Cl2FN2O4. The Hall–Kier alpha value is -2.35. The Balaban J connectivity index is 2.00. The fourth-order valence-corrected chi connectivity index (χ4v) is 2.98. The van der Waals surface area contributed by atoms with Crippen LogP contribution in [0.15, 0.2) is 48.5 Å². The highest BCUT2D eigenvalue weighted by Crippen LogP contribution is 2.24. The molecule has 0 aliphatic heterocycles. The maximum Gasteiger partial charge on any atom is 0.407 e. The van der Waals surface area contributed by atoms with Gasteiger partial charge in [-0.25, -0.2) is 9.18 Å². The quantitative estimate of drug-likeness (QED) is 0.475. The van der Waals surface area contributed by atoms with Crippen LogP contribution in [0.2, 0.25) is 0 Å². The zero-order valence-corrected chi connectivity index (χ0v) is 19.6. The predicted octanol–water partition coefficient (Wildman–Crippen LogP) is 4.67. The van der Waals surface area contributed by atoms with Gasteiger partial charge in [-0.05, 0) is 43.0 Å². The number of rotatable bonds is 8.